The van der Waals surface area contributed by atoms with E-state index in [1.807, 2.05) is 0 Å². The van der Waals surface area contributed by atoms with Crippen molar-refractivity contribution in [3.8, 4) is 0 Å². The first kappa shape index (κ1) is 13.9. The van der Waals surface area contributed by atoms with Gasteiger partial charge in [0, 0.05) is 13.0 Å². The maximum absolute atomic E-state index is 4.30. The number of rotatable bonds is 7. The molecule has 1 aliphatic rings. The lowest BCUT2D eigenvalue weighted by Gasteiger charge is -2.05. The summed E-state index contributed by atoms with van der Waals surface area (Å²) in [7, 11) is 0. The van der Waals surface area contributed by atoms with Crippen LogP contribution in [0.15, 0.2) is 0 Å². The van der Waals surface area contributed by atoms with Crippen molar-refractivity contribution in [2.45, 2.75) is 58.9 Å². The molecule has 1 aromatic rings. The lowest BCUT2D eigenvalue weighted by Crippen LogP contribution is -2.18. The van der Waals surface area contributed by atoms with Crippen LogP contribution in [-0.4, -0.2) is 16.7 Å². The SMILES string of the molecule is CC(C)CNCc1nnc(CCC2CCCC2)s1. The fraction of sp³-hybridized carbons (Fsp3) is 0.857. The molecule has 1 fully saturated rings. The molecule has 1 N–H and O–H groups in total. The van der Waals surface area contributed by atoms with Crippen LogP contribution in [0.1, 0.15) is 56.0 Å². The Kier molecular flexibility index (Phi) is 5.57. The second-order valence-electron chi connectivity index (χ2n) is 5.80. The summed E-state index contributed by atoms with van der Waals surface area (Å²) in [5.74, 6) is 1.65. The van der Waals surface area contributed by atoms with Crippen LogP contribution in [0.4, 0.5) is 0 Å². The Hall–Kier alpha value is -0.480. The lowest BCUT2D eigenvalue weighted by molar-refractivity contribution is 0.502. The van der Waals surface area contributed by atoms with Gasteiger partial charge in [-0.05, 0) is 24.8 Å². The molecule has 0 radical (unpaired) electrons. The van der Waals surface area contributed by atoms with Crippen LogP contribution < -0.4 is 5.32 Å². The van der Waals surface area contributed by atoms with Gasteiger partial charge in [-0.25, -0.2) is 0 Å². The van der Waals surface area contributed by atoms with E-state index in [1.165, 1.54) is 37.1 Å². The van der Waals surface area contributed by atoms with Crippen molar-refractivity contribution >= 4 is 11.3 Å². The van der Waals surface area contributed by atoms with Crippen LogP contribution in [0.2, 0.25) is 0 Å². The van der Waals surface area contributed by atoms with Gasteiger partial charge in [0.05, 0.1) is 0 Å². The number of nitrogens with zero attached hydrogens (tertiary/aromatic N) is 2. The first-order chi connectivity index (χ1) is 8.74. The van der Waals surface area contributed by atoms with E-state index in [2.05, 4.69) is 29.4 Å². The minimum absolute atomic E-state index is 0.694. The summed E-state index contributed by atoms with van der Waals surface area (Å²) < 4.78 is 0. The zero-order chi connectivity index (χ0) is 12.8. The van der Waals surface area contributed by atoms with Gasteiger partial charge < -0.3 is 5.32 Å². The van der Waals surface area contributed by atoms with Crippen LogP contribution in [0.25, 0.3) is 0 Å². The number of nitrogens with one attached hydrogen (secondary N) is 1. The Balaban J connectivity index is 1.68. The molecule has 0 amide bonds. The molecule has 4 heteroatoms. The quantitative estimate of drug-likeness (QED) is 0.822. The van der Waals surface area contributed by atoms with Crippen molar-refractivity contribution in [3.63, 3.8) is 0 Å². The van der Waals surface area contributed by atoms with Gasteiger partial charge in [0.2, 0.25) is 0 Å². The van der Waals surface area contributed by atoms with E-state index < -0.39 is 0 Å². The third-order valence-electron chi connectivity index (χ3n) is 3.58. The molecule has 1 aliphatic carbocycles. The highest BCUT2D eigenvalue weighted by atomic mass is 32.1. The summed E-state index contributed by atoms with van der Waals surface area (Å²) in [5, 5.41) is 14.3. The van der Waals surface area contributed by atoms with Crippen molar-refractivity contribution < 1.29 is 0 Å². The lowest BCUT2D eigenvalue weighted by atomic mass is 10.0. The predicted molar refractivity (Wildman–Crippen MR) is 76.7 cm³/mol. The standard InChI is InChI=1S/C14H25N3S/c1-11(2)9-15-10-14-17-16-13(18-14)8-7-12-5-3-4-6-12/h11-12,15H,3-10H2,1-2H3. The average molecular weight is 267 g/mol. The van der Waals surface area contributed by atoms with Crippen molar-refractivity contribution in [3.05, 3.63) is 10.0 Å². The van der Waals surface area contributed by atoms with Crippen molar-refractivity contribution in [2.75, 3.05) is 6.54 Å². The van der Waals surface area contributed by atoms with E-state index in [0.717, 1.165) is 30.4 Å². The molecule has 0 atom stereocenters. The fourth-order valence-electron chi connectivity index (χ4n) is 2.56. The van der Waals surface area contributed by atoms with Crippen molar-refractivity contribution in [1.29, 1.82) is 0 Å². The maximum atomic E-state index is 4.30. The molecule has 18 heavy (non-hydrogen) atoms. The molecule has 3 nitrogen and oxygen atoms in total. The molecule has 2 rings (SSSR count). The third kappa shape index (κ3) is 4.65. The molecular formula is C14H25N3S. The van der Waals surface area contributed by atoms with E-state index >= 15 is 0 Å². The summed E-state index contributed by atoms with van der Waals surface area (Å²) in [6.07, 6.45) is 8.18. The van der Waals surface area contributed by atoms with Crippen LogP contribution in [0.3, 0.4) is 0 Å². The van der Waals surface area contributed by atoms with Crippen LogP contribution in [0, 0.1) is 11.8 Å². The van der Waals surface area contributed by atoms with E-state index in [9.17, 15) is 0 Å². The van der Waals surface area contributed by atoms with E-state index in [-0.39, 0.29) is 0 Å². The van der Waals surface area contributed by atoms with Crippen molar-refractivity contribution in [1.82, 2.24) is 15.5 Å². The first-order valence-corrected chi connectivity index (χ1v) is 8.07. The molecule has 0 spiro atoms. The Morgan fingerprint density at radius 2 is 1.94 bits per heavy atom. The van der Waals surface area contributed by atoms with Gasteiger partial charge >= 0.3 is 0 Å². The topological polar surface area (TPSA) is 37.8 Å². The van der Waals surface area contributed by atoms with Crippen molar-refractivity contribution in [2.24, 2.45) is 11.8 Å². The zero-order valence-electron chi connectivity index (χ0n) is 11.6. The molecule has 1 saturated carbocycles. The Morgan fingerprint density at radius 1 is 1.22 bits per heavy atom. The van der Waals surface area contributed by atoms with Crippen LogP contribution in [-0.2, 0) is 13.0 Å². The molecular weight excluding hydrogens is 242 g/mol. The molecule has 0 unspecified atom stereocenters. The smallest absolute Gasteiger partial charge is 0.131 e. The third-order valence-corrected chi connectivity index (χ3v) is 4.56. The van der Waals surface area contributed by atoms with Gasteiger partial charge in [0.25, 0.3) is 0 Å². The highest BCUT2D eigenvalue weighted by molar-refractivity contribution is 7.11. The Bertz CT molecular complexity index is 343. The Labute approximate surface area is 114 Å². The minimum atomic E-state index is 0.694. The summed E-state index contributed by atoms with van der Waals surface area (Å²) in [6, 6.07) is 0. The molecule has 102 valence electrons. The number of hydrogen-bond donors (Lipinski definition) is 1. The highest BCUT2D eigenvalue weighted by Crippen LogP contribution is 2.29. The highest BCUT2D eigenvalue weighted by Gasteiger charge is 2.15. The molecule has 1 aromatic heterocycles. The van der Waals surface area contributed by atoms with E-state index in [4.69, 9.17) is 0 Å². The monoisotopic (exact) mass is 267 g/mol. The van der Waals surface area contributed by atoms with E-state index in [0.29, 0.717) is 5.92 Å². The first-order valence-electron chi connectivity index (χ1n) is 7.26. The minimum Gasteiger partial charge on any atom is -0.310 e. The Morgan fingerprint density at radius 3 is 2.67 bits per heavy atom. The van der Waals surface area contributed by atoms with Gasteiger partial charge in [-0.1, -0.05) is 39.5 Å². The van der Waals surface area contributed by atoms with Crippen LogP contribution >= 0.6 is 11.3 Å². The molecule has 1 heterocycles. The van der Waals surface area contributed by atoms with Gasteiger partial charge in [0.15, 0.2) is 0 Å². The number of aromatic nitrogens is 2. The number of aryl methyl sites for hydroxylation is 1. The van der Waals surface area contributed by atoms with Gasteiger partial charge in [-0.3, -0.25) is 0 Å². The molecule has 0 aromatic carbocycles. The maximum Gasteiger partial charge on any atom is 0.131 e. The second kappa shape index (κ2) is 7.19. The van der Waals surface area contributed by atoms with Gasteiger partial charge in [-0.2, -0.15) is 0 Å². The summed E-state index contributed by atoms with van der Waals surface area (Å²) >= 11 is 1.78. The van der Waals surface area contributed by atoms with E-state index in [1.54, 1.807) is 11.3 Å². The summed E-state index contributed by atoms with van der Waals surface area (Å²) in [5.41, 5.74) is 0. The largest absolute Gasteiger partial charge is 0.310 e. The predicted octanol–water partition coefficient (Wildman–Crippen LogP) is 3.41. The average Bonchev–Trinajstić information content (AvgIpc) is 2.96. The van der Waals surface area contributed by atoms with Crippen LogP contribution in [0.5, 0.6) is 0 Å². The fourth-order valence-corrected chi connectivity index (χ4v) is 3.38. The molecule has 0 bridgehead atoms. The summed E-state index contributed by atoms with van der Waals surface area (Å²) in [4.78, 5) is 0. The number of hydrogen-bond acceptors (Lipinski definition) is 4. The second-order valence-corrected chi connectivity index (χ2v) is 6.95. The van der Waals surface area contributed by atoms with Gasteiger partial charge in [0.1, 0.15) is 10.0 Å². The van der Waals surface area contributed by atoms with Gasteiger partial charge in [-0.15, -0.1) is 21.5 Å². The normalized spacial score (nSPS) is 16.8. The summed E-state index contributed by atoms with van der Waals surface area (Å²) in [6.45, 7) is 6.37. The zero-order valence-corrected chi connectivity index (χ0v) is 12.4. The molecule has 0 saturated heterocycles. The molecule has 0 aliphatic heterocycles.